The molecule has 1 spiro atoms. The van der Waals surface area contributed by atoms with Gasteiger partial charge in [0, 0.05) is 11.8 Å². The maximum atomic E-state index is 11.9. The van der Waals surface area contributed by atoms with E-state index in [9.17, 15) is 4.79 Å². The Balaban J connectivity index is 2.23. The summed E-state index contributed by atoms with van der Waals surface area (Å²) < 4.78 is 0. The van der Waals surface area contributed by atoms with Gasteiger partial charge in [-0.05, 0) is 32.1 Å². The van der Waals surface area contributed by atoms with Crippen molar-refractivity contribution in [2.75, 3.05) is 0 Å². The predicted octanol–water partition coefficient (Wildman–Crippen LogP) is 3.25. The van der Waals surface area contributed by atoms with Crippen molar-refractivity contribution in [3.63, 3.8) is 0 Å². The zero-order valence-corrected chi connectivity index (χ0v) is 8.27. The number of carbonyl (C=O) groups is 1. The zero-order chi connectivity index (χ0) is 9.31. The van der Waals surface area contributed by atoms with Gasteiger partial charge in [0.25, 0.3) is 0 Å². The fourth-order valence-corrected chi connectivity index (χ4v) is 2.91. The molecule has 0 bridgehead atoms. The summed E-state index contributed by atoms with van der Waals surface area (Å²) >= 11 is 0. The Kier molecular flexibility index (Phi) is 2.27. The van der Waals surface area contributed by atoms with Crippen molar-refractivity contribution < 1.29 is 4.79 Å². The molecule has 0 amide bonds. The molecule has 2 rings (SSSR count). The van der Waals surface area contributed by atoms with Crippen LogP contribution in [0.2, 0.25) is 0 Å². The predicted molar refractivity (Wildman–Crippen MR) is 53.5 cm³/mol. The quantitative estimate of drug-likeness (QED) is 0.520. The van der Waals surface area contributed by atoms with Crippen molar-refractivity contribution in [3.8, 4) is 0 Å². The number of allylic oxidation sites excluding steroid dienone is 1. The maximum Gasteiger partial charge on any atom is 0.143 e. The lowest BCUT2D eigenvalue weighted by atomic mass is 9.62. The van der Waals surface area contributed by atoms with Crippen molar-refractivity contribution in [1.29, 1.82) is 0 Å². The number of ketones is 1. The molecule has 0 aliphatic heterocycles. The number of hydrogen-bond donors (Lipinski definition) is 0. The van der Waals surface area contributed by atoms with E-state index in [1.165, 1.54) is 24.8 Å². The minimum atomic E-state index is -0.0590. The Labute approximate surface area is 80.2 Å². The summed E-state index contributed by atoms with van der Waals surface area (Å²) in [5.74, 6) is 0.489. The summed E-state index contributed by atoms with van der Waals surface area (Å²) in [5, 5.41) is 0. The molecule has 2 saturated carbocycles. The molecule has 0 aromatic heterocycles. The third-order valence-electron chi connectivity index (χ3n) is 3.80. The van der Waals surface area contributed by atoms with Gasteiger partial charge < -0.3 is 0 Å². The normalized spacial score (nSPS) is 35.4. The van der Waals surface area contributed by atoms with Crippen LogP contribution in [0.25, 0.3) is 0 Å². The van der Waals surface area contributed by atoms with Crippen LogP contribution in [0.5, 0.6) is 0 Å². The molecule has 1 nitrogen and oxygen atoms in total. The number of Topliss-reactive ketones (excluding diaryl/α,β-unsaturated/α-hetero) is 1. The van der Waals surface area contributed by atoms with E-state index < -0.39 is 0 Å². The van der Waals surface area contributed by atoms with Crippen LogP contribution >= 0.6 is 0 Å². The first-order valence-corrected chi connectivity index (χ1v) is 5.47. The number of hydrogen-bond acceptors (Lipinski definition) is 1. The van der Waals surface area contributed by atoms with Crippen LogP contribution in [0.1, 0.15) is 51.4 Å². The molecule has 2 aliphatic rings. The van der Waals surface area contributed by atoms with Gasteiger partial charge in [0.15, 0.2) is 0 Å². The molecular weight excluding hydrogens is 160 g/mol. The highest BCUT2D eigenvalue weighted by atomic mass is 16.1. The van der Waals surface area contributed by atoms with E-state index in [2.05, 4.69) is 6.58 Å². The Hall–Kier alpha value is -0.590. The lowest BCUT2D eigenvalue weighted by Crippen LogP contribution is -2.37. The van der Waals surface area contributed by atoms with E-state index in [4.69, 9.17) is 0 Å². The van der Waals surface area contributed by atoms with Crippen molar-refractivity contribution in [2.45, 2.75) is 51.4 Å². The van der Waals surface area contributed by atoms with Crippen molar-refractivity contribution in [2.24, 2.45) is 5.41 Å². The second-order valence-electron chi connectivity index (χ2n) is 4.52. The first-order valence-electron chi connectivity index (χ1n) is 5.47. The Bertz CT molecular complexity index is 214. The van der Waals surface area contributed by atoms with Crippen molar-refractivity contribution in [1.82, 2.24) is 0 Å². The molecule has 0 aromatic carbocycles. The average molecular weight is 178 g/mol. The van der Waals surface area contributed by atoms with Gasteiger partial charge in [0.2, 0.25) is 0 Å². The second-order valence-corrected chi connectivity index (χ2v) is 4.52. The van der Waals surface area contributed by atoms with E-state index in [-0.39, 0.29) is 5.41 Å². The molecule has 72 valence electrons. The molecule has 2 fully saturated rings. The summed E-state index contributed by atoms with van der Waals surface area (Å²) in [6.45, 7) is 4.12. The van der Waals surface area contributed by atoms with Gasteiger partial charge in [-0.3, -0.25) is 4.79 Å². The summed E-state index contributed by atoms with van der Waals surface area (Å²) in [7, 11) is 0. The van der Waals surface area contributed by atoms with Crippen LogP contribution < -0.4 is 0 Å². The molecule has 0 aromatic rings. The Morgan fingerprint density at radius 1 is 1.00 bits per heavy atom. The van der Waals surface area contributed by atoms with Gasteiger partial charge in [-0.1, -0.05) is 25.0 Å². The average Bonchev–Trinajstić information content (AvgIpc) is 2.15. The first-order chi connectivity index (χ1) is 6.26. The molecular formula is C12H18O. The van der Waals surface area contributed by atoms with Crippen molar-refractivity contribution >= 4 is 5.78 Å². The maximum absolute atomic E-state index is 11.9. The highest BCUT2D eigenvalue weighted by Crippen LogP contribution is 2.47. The first kappa shape index (κ1) is 8.98. The lowest BCUT2D eigenvalue weighted by Gasteiger charge is -2.40. The monoisotopic (exact) mass is 178 g/mol. The SMILES string of the molecule is C=C1CCCCC12CCCCC2=O. The smallest absolute Gasteiger partial charge is 0.143 e. The molecule has 1 atom stereocenters. The molecule has 13 heavy (non-hydrogen) atoms. The van der Waals surface area contributed by atoms with Crippen LogP contribution in [0.4, 0.5) is 0 Å². The van der Waals surface area contributed by atoms with Crippen LogP contribution in [0, 0.1) is 5.41 Å². The van der Waals surface area contributed by atoms with Crippen molar-refractivity contribution in [3.05, 3.63) is 12.2 Å². The third-order valence-corrected chi connectivity index (χ3v) is 3.80. The lowest BCUT2D eigenvalue weighted by molar-refractivity contribution is -0.130. The van der Waals surface area contributed by atoms with E-state index in [0.717, 1.165) is 32.1 Å². The summed E-state index contributed by atoms with van der Waals surface area (Å²) in [6, 6.07) is 0. The minimum Gasteiger partial charge on any atom is -0.299 e. The number of rotatable bonds is 0. The standard InChI is InChI=1S/C12H18O/c1-10-6-2-4-8-12(10)9-5-3-7-11(12)13/h1-9H2. The van der Waals surface area contributed by atoms with E-state index >= 15 is 0 Å². The Morgan fingerprint density at radius 3 is 2.23 bits per heavy atom. The van der Waals surface area contributed by atoms with Gasteiger partial charge >= 0.3 is 0 Å². The largest absolute Gasteiger partial charge is 0.299 e. The molecule has 0 radical (unpaired) electrons. The highest BCUT2D eigenvalue weighted by molar-refractivity contribution is 5.88. The van der Waals surface area contributed by atoms with Gasteiger partial charge in [-0.2, -0.15) is 0 Å². The Morgan fingerprint density at radius 2 is 1.62 bits per heavy atom. The van der Waals surface area contributed by atoms with E-state index in [0.29, 0.717) is 5.78 Å². The molecule has 0 heterocycles. The molecule has 2 aliphatic carbocycles. The van der Waals surface area contributed by atoms with Crippen LogP contribution in [-0.4, -0.2) is 5.78 Å². The van der Waals surface area contributed by atoms with Gasteiger partial charge in [0.05, 0.1) is 0 Å². The molecule has 1 unspecified atom stereocenters. The van der Waals surface area contributed by atoms with Gasteiger partial charge in [0.1, 0.15) is 5.78 Å². The minimum absolute atomic E-state index is 0.0590. The van der Waals surface area contributed by atoms with Crippen LogP contribution in [-0.2, 0) is 4.79 Å². The molecule has 0 saturated heterocycles. The molecule has 1 heteroatoms. The fourth-order valence-electron chi connectivity index (χ4n) is 2.91. The number of carbonyl (C=O) groups excluding carboxylic acids is 1. The zero-order valence-electron chi connectivity index (χ0n) is 8.27. The summed E-state index contributed by atoms with van der Waals surface area (Å²) in [6.07, 6.45) is 8.87. The summed E-state index contributed by atoms with van der Waals surface area (Å²) in [4.78, 5) is 11.9. The topological polar surface area (TPSA) is 17.1 Å². The third kappa shape index (κ3) is 1.34. The fraction of sp³-hybridized carbons (Fsp3) is 0.750. The second kappa shape index (κ2) is 3.28. The van der Waals surface area contributed by atoms with E-state index in [1.54, 1.807) is 0 Å². The van der Waals surface area contributed by atoms with Crippen LogP contribution in [0.15, 0.2) is 12.2 Å². The van der Waals surface area contributed by atoms with Crippen LogP contribution in [0.3, 0.4) is 0 Å². The molecule has 0 N–H and O–H groups in total. The van der Waals surface area contributed by atoms with E-state index in [1.807, 2.05) is 0 Å². The highest BCUT2D eigenvalue weighted by Gasteiger charge is 2.42. The van der Waals surface area contributed by atoms with Gasteiger partial charge in [-0.15, -0.1) is 0 Å². The van der Waals surface area contributed by atoms with Gasteiger partial charge in [-0.25, -0.2) is 0 Å². The summed E-state index contributed by atoms with van der Waals surface area (Å²) in [5.41, 5.74) is 1.18.